The molecule has 0 N–H and O–H groups in total. The Kier molecular flexibility index (Phi) is 6.94. The van der Waals surface area contributed by atoms with E-state index in [4.69, 9.17) is 0 Å². The van der Waals surface area contributed by atoms with Crippen LogP contribution < -0.4 is 0 Å². The van der Waals surface area contributed by atoms with E-state index in [1.807, 2.05) is 37.3 Å². The molecule has 0 radical (unpaired) electrons. The van der Waals surface area contributed by atoms with Gasteiger partial charge in [0.2, 0.25) is 10.0 Å². The topological polar surface area (TPSA) is 50.3 Å². The van der Waals surface area contributed by atoms with Crippen LogP contribution >= 0.6 is 0 Å². The minimum Gasteiger partial charge on any atom is -0.261 e. The van der Waals surface area contributed by atoms with Crippen molar-refractivity contribution in [2.24, 2.45) is 0 Å². The molecule has 0 atom stereocenters. The second kappa shape index (κ2) is 8.94. The molecular weight excluding hydrogens is 320 g/mol. The van der Waals surface area contributed by atoms with Gasteiger partial charge in [-0.1, -0.05) is 38.5 Å². The molecule has 0 spiro atoms. The first-order valence-electron chi connectivity index (χ1n) is 8.57. The SMILES string of the molecule is CCCCc1ccc(S(=O)(=O)N(CC)CCc2ccccn2)cc1. The Balaban J connectivity index is 2.08. The van der Waals surface area contributed by atoms with E-state index < -0.39 is 10.0 Å². The lowest BCUT2D eigenvalue weighted by molar-refractivity contribution is 0.429. The van der Waals surface area contributed by atoms with E-state index >= 15 is 0 Å². The summed E-state index contributed by atoms with van der Waals surface area (Å²) in [5.74, 6) is 0. The molecule has 4 nitrogen and oxygen atoms in total. The van der Waals surface area contributed by atoms with Gasteiger partial charge in [0.15, 0.2) is 0 Å². The molecule has 1 heterocycles. The summed E-state index contributed by atoms with van der Waals surface area (Å²) >= 11 is 0. The van der Waals surface area contributed by atoms with Gasteiger partial charge in [0.1, 0.15) is 0 Å². The quantitative estimate of drug-likeness (QED) is 0.696. The summed E-state index contributed by atoms with van der Waals surface area (Å²) in [5.41, 5.74) is 2.09. The maximum atomic E-state index is 12.8. The van der Waals surface area contributed by atoms with Gasteiger partial charge in [-0.05, 0) is 42.7 Å². The van der Waals surface area contributed by atoms with Crippen LogP contribution in [0.5, 0.6) is 0 Å². The van der Waals surface area contributed by atoms with Crippen LogP contribution in [0.15, 0.2) is 53.6 Å². The highest BCUT2D eigenvalue weighted by Gasteiger charge is 2.22. The number of aromatic nitrogens is 1. The van der Waals surface area contributed by atoms with E-state index in [1.165, 1.54) is 9.87 Å². The summed E-state index contributed by atoms with van der Waals surface area (Å²) in [6.45, 7) is 4.91. The van der Waals surface area contributed by atoms with Gasteiger partial charge in [-0.3, -0.25) is 4.98 Å². The van der Waals surface area contributed by atoms with Gasteiger partial charge < -0.3 is 0 Å². The average molecular weight is 346 g/mol. The van der Waals surface area contributed by atoms with Crippen molar-refractivity contribution in [3.05, 3.63) is 59.9 Å². The Morgan fingerprint density at radius 3 is 2.33 bits per heavy atom. The average Bonchev–Trinajstić information content (AvgIpc) is 2.61. The Hall–Kier alpha value is -1.72. The van der Waals surface area contributed by atoms with E-state index in [0.717, 1.165) is 25.0 Å². The molecule has 5 heteroatoms. The third-order valence-electron chi connectivity index (χ3n) is 4.08. The van der Waals surface area contributed by atoms with Crippen molar-refractivity contribution in [2.45, 2.75) is 44.4 Å². The summed E-state index contributed by atoms with van der Waals surface area (Å²) in [5, 5.41) is 0. The minimum absolute atomic E-state index is 0.366. The summed E-state index contributed by atoms with van der Waals surface area (Å²) in [4.78, 5) is 4.62. The lowest BCUT2D eigenvalue weighted by atomic mass is 10.1. The highest BCUT2D eigenvalue weighted by molar-refractivity contribution is 7.89. The van der Waals surface area contributed by atoms with Gasteiger partial charge in [-0.15, -0.1) is 0 Å². The number of unbranched alkanes of at least 4 members (excludes halogenated alkanes) is 1. The number of likely N-dealkylation sites (N-methyl/N-ethyl adjacent to an activating group) is 1. The van der Waals surface area contributed by atoms with Gasteiger partial charge in [0, 0.05) is 31.4 Å². The van der Waals surface area contributed by atoms with Crippen molar-refractivity contribution in [3.8, 4) is 0 Å². The van der Waals surface area contributed by atoms with E-state index in [0.29, 0.717) is 24.4 Å². The number of benzene rings is 1. The second-order valence-electron chi connectivity index (χ2n) is 5.82. The monoisotopic (exact) mass is 346 g/mol. The minimum atomic E-state index is -3.45. The zero-order valence-corrected chi connectivity index (χ0v) is 15.3. The zero-order valence-electron chi connectivity index (χ0n) is 14.5. The van der Waals surface area contributed by atoms with Crippen LogP contribution in [0.2, 0.25) is 0 Å². The predicted molar refractivity (Wildman–Crippen MR) is 97.4 cm³/mol. The molecule has 130 valence electrons. The van der Waals surface area contributed by atoms with Gasteiger partial charge in [-0.25, -0.2) is 8.42 Å². The summed E-state index contributed by atoms with van der Waals surface area (Å²) in [6, 6.07) is 13.0. The van der Waals surface area contributed by atoms with E-state index in [-0.39, 0.29) is 0 Å². The molecule has 0 saturated carbocycles. The first-order chi connectivity index (χ1) is 11.6. The van der Waals surface area contributed by atoms with Crippen LogP contribution in [-0.4, -0.2) is 30.8 Å². The molecule has 24 heavy (non-hydrogen) atoms. The zero-order chi connectivity index (χ0) is 17.4. The molecule has 1 aromatic carbocycles. The van der Waals surface area contributed by atoms with Crippen molar-refractivity contribution < 1.29 is 8.42 Å². The van der Waals surface area contributed by atoms with E-state index in [1.54, 1.807) is 18.3 Å². The first-order valence-corrected chi connectivity index (χ1v) is 10.0. The van der Waals surface area contributed by atoms with Crippen molar-refractivity contribution in [3.63, 3.8) is 0 Å². The number of hydrogen-bond acceptors (Lipinski definition) is 3. The van der Waals surface area contributed by atoms with Crippen LogP contribution in [-0.2, 0) is 22.9 Å². The van der Waals surface area contributed by atoms with Gasteiger partial charge in [-0.2, -0.15) is 4.31 Å². The summed E-state index contributed by atoms with van der Waals surface area (Å²) in [6.07, 6.45) is 5.60. The highest BCUT2D eigenvalue weighted by Crippen LogP contribution is 2.17. The normalized spacial score (nSPS) is 11.8. The van der Waals surface area contributed by atoms with Gasteiger partial charge >= 0.3 is 0 Å². The van der Waals surface area contributed by atoms with Crippen molar-refractivity contribution >= 4 is 10.0 Å². The fraction of sp³-hybridized carbons (Fsp3) is 0.421. The number of nitrogens with zero attached hydrogens (tertiary/aromatic N) is 2. The first kappa shape index (κ1) is 18.6. The van der Waals surface area contributed by atoms with E-state index in [9.17, 15) is 8.42 Å². The standard InChI is InChI=1S/C19H26N2O2S/c1-3-5-8-17-10-12-19(13-11-17)24(22,23)21(4-2)16-14-18-9-6-7-15-20-18/h6-7,9-13,15H,3-5,8,14,16H2,1-2H3. The van der Waals surface area contributed by atoms with Crippen LogP contribution in [0.25, 0.3) is 0 Å². The molecule has 1 aromatic heterocycles. The molecule has 0 fully saturated rings. The third kappa shape index (κ3) is 4.89. The van der Waals surface area contributed by atoms with Gasteiger partial charge in [0.05, 0.1) is 4.90 Å². The van der Waals surface area contributed by atoms with Crippen molar-refractivity contribution in [2.75, 3.05) is 13.1 Å². The fourth-order valence-electron chi connectivity index (χ4n) is 2.59. The molecule has 0 saturated heterocycles. The molecule has 0 bridgehead atoms. The maximum absolute atomic E-state index is 12.8. The maximum Gasteiger partial charge on any atom is 0.243 e. The van der Waals surface area contributed by atoms with Crippen LogP contribution in [0, 0.1) is 0 Å². The van der Waals surface area contributed by atoms with E-state index in [2.05, 4.69) is 11.9 Å². The Morgan fingerprint density at radius 2 is 1.75 bits per heavy atom. The van der Waals surface area contributed by atoms with Crippen molar-refractivity contribution in [1.82, 2.24) is 9.29 Å². The number of rotatable bonds is 9. The van der Waals surface area contributed by atoms with Crippen LogP contribution in [0.3, 0.4) is 0 Å². The van der Waals surface area contributed by atoms with Crippen molar-refractivity contribution in [1.29, 1.82) is 0 Å². The van der Waals surface area contributed by atoms with Gasteiger partial charge in [0.25, 0.3) is 0 Å². The fourth-order valence-corrected chi connectivity index (χ4v) is 4.04. The highest BCUT2D eigenvalue weighted by atomic mass is 32.2. The van der Waals surface area contributed by atoms with Crippen LogP contribution in [0.1, 0.15) is 37.9 Å². The lowest BCUT2D eigenvalue weighted by Crippen LogP contribution is -2.33. The molecule has 0 unspecified atom stereocenters. The molecule has 0 aliphatic carbocycles. The largest absolute Gasteiger partial charge is 0.261 e. The lowest BCUT2D eigenvalue weighted by Gasteiger charge is -2.20. The smallest absolute Gasteiger partial charge is 0.243 e. The number of pyridine rings is 1. The molecule has 0 aliphatic heterocycles. The number of aryl methyl sites for hydroxylation is 1. The molecular formula is C19H26N2O2S. The molecule has 0 amide bonds. The Morgan fingerprint density at radius 1 is 1.00 bits per heavy atom. The predicted octanol–water partition coefficient (Wildman–Crippen LogP) is 3.68. The summed E-state index contributed by atoms with van der Waals surface area (Å²) < 4.78 is 27.1. The second-order valence-corrected chi connectivity index (χ2v) is 7.75. The molecule has 2 rings (SSSR count). The number of sulfonamides is 1. The Labute approximate surface area is 145 Å². The summed E-state index contributed by atoms with van der Waals surface area (Å²) in [7, 11) is -3.45. The molecule has 0 aliphatic rings. The third-order valence-corrected chi connectivity index (χ3v) is 6.06. The van der Waals surface area contributed by atoms with Crippen LogP contribution in [0.4, 0.5) is 0 Å². The number of hydrogen-bond donors (Lipinski definition) is 0. The molecule has 2 aromatic rings. The Bertz CT molecular complexity index is 713.